The smallest absolute Gasteiger partial charge is 0.243 e. The molecule has 170 valence electrons. The van der Waals surface area contributed by atoms with Crippen LogP contribution in [0.25, 0.3) is 0 Å². The number of rotatable bonds is 9. The molecule has 5 N–H and O–H groups in total. The summed E-state index contributed by atoms with van der Waals surface area (Å²) in [6, 6.07) is 15.0. The average Bonchev–Trinajstić information content (AvgIpc) is 3.27. The van der Waals surface area contributed by atoms with E-state index in [1.165, 1.54) is 4.90 Å². The zero-order valence-corrected chi connectivity index (χ0v) is 18.4. The first-order chi connectivity index (χ1) is 15.2. The predicted molar refractivity (Wildman–Crippen MR) is 121 cm³/mol. The number of amides is 2. The standard InChI is InChI=1S/C22H27N5O4S/c23-21(24)18-10-8-16(9-11-18)13-25-22(29)19-7-4-12-27(19)20(28)14-26-32(30,31)15-17-5-2-1-3-6-17/h1-3,5-6,8-11,19,26H,4,7,12-15H2,(H3,23,24)(H,25,29)/t19-/m0/s1. The monoisotopic (exact) mass is 457 g/mol. The molecule has 0 saturated carbocycles. The molecule has 2 aromatic rings. The Labute approximate surface area is 187 Å². The molecule has 1 fully saturated rings. The van der Waals surface area contributed by atoms with Crippen molar-refractivity contribution in [2.24, 2.45) is 5.73 Å². The van der Waals surface area contributed by atoms with Crippen molar-refractivity contribution in [1.29, 1.82) is 5.41 Å². The third kappa shape index (κ3) is 6.38. The number of sulfonamides is 1. The van der Waals surface area contributed by atoms with Gasteiger partial charge in [-0.1, -0.05) is 54.6 Å². The second-order valence-electron chi connectivity index (χ2n) is 7.64. The molecule has 1 saturated heterocycles. The molecule has 1 aliphatic rings. The first kappa shape index (κ1) is 23.4. The molecule has 1 atom stereocenters. The first-order valence-electron chi connectivity index (χ1n) is 10.3. The van der Waals surface area contributed by atoms with Crippen LogP contribution in [0.15, 0.2) is 54.6 Å². The van der Waals surface area contributed by atoms with Crippen LogP contribution in [0.1, 0.15) is 29.5 Å². The molecule has 0 unspecified atom stereocenters. The van der Waals surface area contributed by atoms with Crippen LogP contribution in [0, 0.1) is 5.41 Å². The summed E-state index contributed by atoms with van der Waals surface area (Å²) < 4.78 is 26.9. The van der Waals surface area contributed by atoms with Gasteiger partial charge >= 0.3 is 0 Å². The molecule has 0 bridgehead atoms. The zero-order chi connectivity index (χ0) is 23.1. The van der Waals surface area contributed by atoms with E-state index in [0.29, 0.717) is 30.5 Å². The molecule has 2 amide bonds. The number of benzene rings is 2. The van der Waals surface area contributed by atoms with Gasteiger partial charge in [0.15, 0.2) is 0 Å². The summed E-state index contributed by atoms with van der Waals surface area (Å²) in [5.74, 6) is -0.947. The van der Waals surface area contributed by atoms with Gasteiger partial charge in [-0.2, -0.15) is 0 Å². The Hall–Kier alpha value is -3.24. The van der Waals surface area contributed by atoms with Crippen molar-refractivity contribution in [3.05, 3.63) is 71.3 Å². The summed E-state index contributed by atoms with van der Waals surface area (Å²) in [5, 5.41) is 10.2. The van der Waals surface area contributed by atoms with Gasteiger partial charge in [0.2, 0.25) is 21.8 Å². The van der Waals surface area contributed by atoms with Gasteiger partial charge in [-0.25, -0.2) is 13.1 Å². The van der Waals surface area contributed by atoms with Crippen molar-refractivity contribution in [3.8, 4) is 0 Å². The lowest BCUT2D eigenvalue weighted by Crippen LogP contribution is -2.48. The Balaban J connectivity index is 1.51. The third-order valence-electron chi connectivity index (χ3n) is 5.25. The Morgan fingerprint density at radius 1 is 1.06 bits per heavy atom. The number of carbonyl (C=O) groups is 2. The number of nitrogens with two attached hydrogens (primary N) is 1. The summed E-state index contributed by atoms with van der Waals surface area (Å²) in [5.41, 5.74) is 7.50. The van der Waals surface area contributed by atoms with Gasteiger partial charge in [0, 0.05) is 18.7 Å². The highest BCUT2D eigenvalue weighted by molar-refractivity contribution is 7.88. The molecule has 0 radical (unpaired) electrons. The summed E-state index contributed by atoms with van der Waals surface area (Å²) >= 11 is 0. The molecule has 10 heteroatoms. The van der Waals surface area contributed by atoms with E-state index < -0.39 is 22.0 Å². The maximum atomic E-state index is 12.7. The van der Waals surface area contributed by atoms with Crippen LogP contribution in [-0.4, -0.2) is 50.1 Å². The molecule has 0 aliphatic carbocycles. The van der Waals surface area contributed by atoms with Gasteiger partial charge in [-0.3, -0.25) is 15.0 Å². The molecular formula is C22H27N5O4S. The number of nitrogens with zero attached hydrogens (tertiary/aromatic N) is 1. The van der Waals surface area contributed by atoms with Crippen molar-refractivity contribution < 1.29 is 18.0 Å². The fourth-order valence-corrected chi connectivity index (χ4v) is 4.64. The van der Waals surface area contributed by atoms with Crippen LogP contribution < -0.4 is 15.8 Å². The van der Waals surface area contributed by atoms with Crippen molar-refractivity contribution >= 4 is 27.7 Å². The van der Waals surface area contributed by atoms with E-state index in [0.717, 1.165) is 5.56 Å². The van der Waals surface area contributed by atoms with Gasteiger partial charge in [0.05, 0.1) is 12.3 Å². The topological polar surface area (TPSA) is 145 Å². The largest absolute Gasteiger partial charge is 0.384 e. The van der Waals surface area contributed by atoms with Crippen LogP contribution in [0.4, 0.5) is 0 Å². The number of hydrogen-bond acceptors (Lipinski definition) is 5. The number of amidine groups is 1. The van der Waals surface area contributed by atoms with Gasteiger partial charge in [0.1, 0.15) is 11.9 Å². The highest BCUT2D eigenvalue weighted by Crippen LogP contribution is 2.18. The van der Waals surface area contributed by atoms with Gasteiger partial charge in [0.25, 0.3) is 0 Å². The normalized spacial score (nSPS) is 16.0. The number of hydrogen-bond donors (Lipinski definition) is 4. The number of nitrogens with one attached hydrogen (secondary N) is 3. The van der Waals surface area contributed by atoms with E-state index in [1.54, 1.807) is 54.6 Å². The van der Waals surface area contributed by atoms with Crippen molar-refractivity contribution in [2.75, 3.05) is 13.1 Å². The van der Waals surface area contributed by atoms with Gasteiger partial charge in [-0.15, -0.1) is 0 Å². The van der Waals surface area contributed by atoms with Crippen molar-refractivity contribution in [1.82, 2.24) is 14.9 Å². The molecule has 3 rings (SSSR count). The zero-order valence-electron chi connectivity index (χ0n) is 17.6. The fourth-order valence-electron chi connectivity index (χ4n) is 3.56. The average molecular weight is 458 g/mol. The third-order valence-corrected chi connectivity index (χ3v) is 6.55. The van der Waals surface area contributed by atoms with Crippen molar-refractivity contribution in [3.63, 3.8) is 0 Å². The van der Waals surface area contributed by atoms with E-state index in [1.807, 2.05) is 0 Å². The summed E-state index contributed by atoms with van der Waals surface area (Å²) in [4.78, 5) is 26.7. The van der Waals surface area contributed by atoms with Crippen LogP contribution in [0.5, 0.6) is 0 Å². The molecule has 2 aromatic carbocycles. The molecule has 32 heavy (non-hydrogen) atoms. The lowest BCUT2D eigenvalue weighted by Gasteiger charge is -2.24. The molecule has 1 heterocycles. The number of carbonyl (C=O) groups excluding carboxylic acids is 2. The minimum atomic E-state index is -3.67. The summed E-state index contributed by atoms with van der Waals surface area (Å²) in [6.07, 6.45) is 1.20. The SMILES string of the molecule is N=C(N)c1ccc(CNC(=O)[C@@H]2CCCN2C(=O)CNS(=O)(=O)Cc2ccccc2)cc1. The van der Waals surface area contributed by atoms with Crippen LogP contribution in [0.3, 0.4) is 0 Å². The maximum absolute atomic E-state index is 12.7. The molecular weight excluding hydrogens is 430 g/mol. The van der Waals surface area contributed by atoms with Crippen molar-refractivity contribution in [2.45, 2.75) is 31.2 Å². The van der Waals surface area contributed by atoms with E-state index >= 15 is 0 Å². The Morgan fingerprint density at radius 3 is 2.41 bits per heavy atom. The second-order valence-corrected chi connectivity index (χ2v) is 9.45. The van der Waals surface area contributed by atoms with Gasteiger partial charge < -0.3 is 16.0 Å². The highest BCUT2D eigenvalue weighted by Gasteiger charge is 2.34. The summed E-state index contributed by atoms with van der Waals surface area (Å²) in [7, 11) is -3.67. The van der Waals surface area contributed by atoms with Crippen LogP contribution in [0.2, 0.25) is 0 Å². The molecule has 1 aliphatic heterocycles. The quantitative estimate of drug-likeness (QED) is 0.323. The summed E-state index contributed by atoms with van der Waals surface area (Å²) in [6.45, 7) is 0.301. The highest BCUT2D eigenvalue weighted by atomic mass is 32.2. The molecule has 0 aromatic heterocycles. The fraction of sp³-hybridized carbons (Fsp3) is 0.318. The minimum absolute atomic E-state index is 0.0277. The van der Waals surface area contributed by atoms with Gasteiger partial charge in [-0.05, 0) is 24.0 Å². The predicted octanol–water partition coefficient (Wildman–Crippen LogP) is 0.697. The van der Waals surface area contributed by atoms with E-state index in [-0.39, 0.29) is 30.6 Å². The Kier molecular flexibility index (Phi) is 7.60. The van der Waals surface area contributed by atoms with E-state index in [4.69, 9.17) is 11.1 Å². The van der Waals surface area contributed by atoms with Crippen LogP contribution >= 0.6 is 0 Å². The number of likely N-dealkylation sites (tertiary alicyclic amines) is 1. The lowest BCUT2D eigenvalue weighted by atomic mass is 10.1. The minimum Gasteiger partial charge on any atom is -0.384 e. The Bertz CT molecular complexity index is 1070. The number of nitrogen functional groups attached to an aromatic ring is 1. The first-order valence-corrected chi connectivity index (χ1v) is 11.9. The molecule has 0 spiro atoms. The Morgan fingerprint density at radius 2 is 1.75 bits per heavy atom. The lowest BCUT2D eigenvalue weighted by molar-refractivity contribution is -0.137. The van der Waals surface area contributed by atoms with E-state index in [2.05, 4.69) is 10.0 Å². The molecule has 9 nitrogen and oxygen atoms in total. The van der Waals surface area contributed by atoms with Crippen LogP contribution in [-0.2, 0) is 31.9 Å². The maximum Gasteiger partial charge on any atom is 0.243 e. The van der Waals surface area contributed by atoms with E-state index in [9.17, 15) is 18.0 Å². The second kappa shape index (κ2) is 10.4.